The van der Waals surface area contributed by atoms with Gasteiger partial charge in [-0.1, -0.05) is 0 Å². The van der Waals surface area contributed by atoms with Gasteiger partial charge in [0.1, 0.15) is 12.1 Å². The van der Waals surface area contributed by atoms with Gasteiger partial charge in [-0.15, -0.1) is 11.3 Å². The molecule has 1 aromatic rings. The second kappa shape index (κ2) is 4.06. The van der Waals surface area contributed by atoms with E-state index >= 15 is 0 Å². The van der Waals surface area contributed by atoms with Crippen LogP contribution >= 0.6 is 11.3 Å². The highest BCUT2D eigenvalue weighted by atomic mass is 32.1. The van der Waals surface area contributed by atoms with Gasteiger partial charge >= 0.3 is 12.0 Å². The van der Waals surface area contributed by atoms with E-state index in [1.165, 1.54) is 0 Å². The smallest absolute Gasteiger partial charge is 0.325 e. The predicted molar refractivity (Wildman–Crippen MR) is 66.8 cm³/mol. The zero-order valence-corrected chi connectivity index (χ0v) is 10.8. The zero-order valence-electron chi connectivity index (χ0n) is 10.0. The number of carbonyl (C=O) groups is 3. The number of carboxylic acid groups (broad SMARTS) is 1. The molecule has 1 aromatic heterocycles. The number of imide groups is 1. The summed E-state index contributed by atoms with van der Waals surface area (Å²) >= 11 is 1.57. The normalized spacial score (nSPS) is 25.6. The first-order valence-corrected chi connectivity index (χ1v) is 6.85. The highest BCUT2D eigenvalue weighted by molar-refractivity contribution is 7.10. The minimum Gasteiger partial charge on any atom is -0.480 e. The Hall–Kier alpha value is -1.89. The molecule has 1 fully saturated rings. The topological polar surface area (TPSA) is 86.7 Å². The van der Waals surface area contributed by atoms with Crippen molar-refractivity contribution in [3.63, 3.8) is 0 Å². The SMILES string of the molecule is O=C(O)CN1C(=O)N[C@@]2(CCCc3sccc32)C1=O. The fourth-order valence-electron chi connectivity index (χ4n) is 2.82. The molecular formula is C12H12N2O4S. The minimum absolute atomic E-state index is 0.445. The van der Waals surface area contributed by atoms with Crippen LogP contribution < -0.4 is 5.32 Å². The van der Waals surface area contributed by atoms with Gasteiger partial charge in [0.05, 0.1) is 0 Å². The maximum atomic E-state index is 12.5. The molecule has 7 heteroatoms. The third-order valence-electron chi connectivity index (χ3n) is 3.63. The average molecular weight is 280 g/mol. The Balaban J connectivity index is 2.02. The van der Waals surface area contributed by atoms with Crippen molar-refractivity contribution in [3.05, 3.63) is 21.9 Å². The van der Waals surface area contributed by atoms with Crippen LogP contribution in [0.15, 0.2) is 11.4 Å². The van der Waals surface area contributed by atoms with Crippen molar-refractivity contribution >= 4 is 29.2 Å². The maximum absolute atomic E-state index is 12.5. The standard InChI is InChI=1S/C12H12N2O4S/c15-9(16)6-14-10(17)12(13-11(14)18)4-1-2-8-7(12)3-5-19-8/h3,5H,1-2,4,6H2,(H,13,18)(H,15,16)/t12-/m1/s1. The molecule has 0 aromatic carbocycles. The maximum Gasteiger partial charge on any atom is 0.325 e. The van der Waals surface area contributed by atoms with Crippen molar-refractivity contribution in [2.45, 2.75) is 24.8 Å². The number of amides is 3. The third kappa shape index (κ3) is 1.65. The Morgan fingerprint density at radius 1 is 1.53 bits per heavy atom. The summed E-state index contributed by atoms with van der Waals surface area (Å²) < 4.78 is 0. The van der Waals surface area contributed by atoms with Crippen molar-refractivity contribution in [1.29, 1.82) is 0 Å². The molecule has 3 amide bonds. The number of carboxylic acids is 1. The molecule has 0 radical (unpaired) electrons. The zero-order chi connectivity index (χ0) is 13.6. The van der Waals surface area contributed by atoms with Crippen LogP contribution in [0, 0.1) is 0 Å². The summed E-state index contributed by atoms with van der Waals surface area (Å²) in [4.78, 5) is 37.0. The molecule has 19 heavy (non-hydrogen) atoms. The Morgan fingerprint density at radius 3 is 3.05 bits per heavy atom. The number of hydrogen-bond donors (Lipinski definition) is 2. The van der Waals surface area contributed by atoms with E-state index in [1.54, 1.807) is 11.3 Å². The summed E-state index contributed by atoms with van der Waals surface area (Å²) in [6, 6.07) is 1.23. The van der Waals surface area contributed by atoms with E-state index in [4.69, 9.17) is 5.11 Å². The third-order valence-corrected chi connectivity index (χ3v) is 4.61. The van der Waals surface area contributed by atoms with Gasteiger partial charge in [0.15, 0.2) is 0 Å². The molecule has 0 unspecified atom stereocenters. The van der Waals surface area contributed by atoms with E-state index in [0.717, 1.165) is 28.2 Å². The van der Waals surface area contributed by atoms with Crippen molar-refractivity contribution in [2.75, 3.05) is 6.54 Å². The molecule has 6 nitrogen and oxygen atoms in total. The first-order chi connectivity index (χ1) is 9.04. The van der Waals surface area contributed by atoms with Crippen molar-refractivity contribution in [2.24, 2.45) is 0 Å². The predicted octanol–water partition coefficient (Wildman–Crippen LogP) is 0.916. The summed E-state index contributed by atoms with van der Waals surface area (Å²) in [7, 11) is 0. The number of hydrogen-bond acceptors (Lipinski definition) is 4. The van der Waals surface area contributed by atoms with Crippen LogP contribution in [0.2, 0.25) is 0 Å². The second-order valence-corrected chi connectivity index (χ2v) is 5.73. The van der Waals surface area contributed by atoms with E-state index in [1.807, 2.05) is 11.4 Å². The van der Waals surface area contributed by atoms with Gasteiger partial charge in [-0.25, -0.2) is 4.79 Å². The average Bonchev–Trinajstić information content (AvgIpc) is 2.91. The summed E-state index contributed by atoms with van der Waals surface area (Å²) in [5, 5.41) is 13.4. The lowest BCUT2D eigenvalue weighted by Crippen LogP contribution is -2.46. The Labute approximate surface area is 113 Å². The Morgan fingerprint density at radius 2 is 2.32 bits per heavy atom. The lowest BCUT2D eigenvalue weighted by Gasteiger charge is -2.31. The van der Waals surface area contributed by atoms with E-state index in [2.05, 4.69) is 5.32 Å². The Bertz CT molecular complexity index is 582. The summed E-state index contributed by atoms with van der Waals surface area (Å²) in [5.41, 5.74) is -0.213. The van der Waals surface area contributed by atoms with Gasteiger partial charge in [-0.3, -0.25) is 14.5 Å². The van der Waals surface area contributed by atoms with Crippen molar-refractivity contribution in [3.8, 4) is 0 Å². The number of rotatable bonds is 2. The van der Waals surface area contributed by atoms with Gasteiger partial charge in [0.2, 0.25) is 0 Å². The number of urea groups is 1. The molecule has 1 spiro atoms. The molecule has 2 heterocycles. The highest BCUT2D eigenvalue weighted by Gasteiger charge is 2.54. The van der Waals surface area contributed by atoms with E-state index in [0.29, 0.717) is 6.42 Å². The van der Waals surface area contributed by atoms with Gasteiger partial charge in [0.25, 0.3) is 5.91 Å². The molecular weight excluding hydrogens is 268 g/mol. The van der Waals surface area contributed by atoms with Crippen LogP contribution in [-0.2, 0) is 21.5 Å². The first-order valence-electron chi connectivity index (χ1n) is 5.97. The molecule has 1 aliphatic heterocycles. The number of fused-ring (bicyclic) bond motifs is 2. The van der Waals surface area contributed by atoms with Crippen molar-refractivity contribution < 1.29 is 19.5 Å². The molecule has 100 valence electrons. The molecule has 1 aliphatic carbocycles. The van der Waals surface area contributed by atoms with Crippen LogP contribution in [0.5, 0.6) is 0 Å². The van der Waals surface area contributed by atoms with Crippen LogP contribution in [0.3, 0.4) is 0 Å². The van der Waals surface area contributed by atoms with Gasteiger partial charge in [0, 0.05) is 10.4 Å². The Kier molecular flexibility index (Phi) is 2.60. The largest absolute Gasteiger partial charge is 0.480 e. The number of aryl methyl sites for hydroxylation is 1. The highest BCUT2D eigenvalue weighted by Crippen LogP contribution is 2.41. The molecule has 0 bridgehead atoms. The van der Waals surface area contributed by atoms with Crippen LogP contribution in [0.1, 0.15) is 23.3 Å². The van der Waals surface area contributed by atoms with Crippen LogP contribution in [0.25, 0.3) is 0 Å². The number of aliphatic carboxylic acids is 1. The number of nitrogens with zero attached hydrogens (tertiary/aromatic N) is 1. The van der Waals surface area contributed by atoms with E-state index in [9.17, 15) is 14.4 Å². The molecule has 3 rings (SSSR count). The fraction of sp³-hybridized carbons (Fsp3) is 0.417. The summed E-state index contributed by atoms with van der Waals surface area (Å²) in [6.45, 7) is -0.591. The summed E-state index contributed by atoms with van der Waals surface area (Å²) in [6.07, 6.45) is 2.23. The van der Waals surface area contributed by atoms with E-state index < -0.39 is 30.0 Å². The van der Waals surface area contributed by atoms with Gasteiger partial charge in [-0.2, -0.15) is 0 Å². The van der Waals surface area contributed by atoms with E-state index in [-0.39, 0.29) is 0 Å². The summed E-state index contributed by atoms with van der Waals surface area (Å²) in [5.74, 6) is -1.64. The lowest BCUT2D eigenvalue weighted by molar-refractivity contribution is -0.143. The van der Waals surface area contributed by atoms with Crippen molar-refractivity contribution in [1.82, 2.24) is 10.2 Å². The molecule has 0 saturated carbocycles. The number of thiophene rings is 1. The monoisotopic (exact) mass is 280 g/mol. The molecule has 2 aliphatic rings. The number of carbonyl (C=O) groups excluding carboxylic acids is 2. The first kappa shape index (κ1) is 12.2. The fourth-order valence-corrected chi connectivity index (χ4v) is 3.82. The number of nitrogens with one attached hydrogen (secondary N) is 1. The van der Waals surface area contributed by atoms with Crippen LogP contribution in [0.4, 0.5) is 4.79 Å². The van der Waals surface area contributed by atoms with Crippen LogP contribution in [-0.4, -0.2) is 34.5 Å². The lowest BCUT2D eigenvalue weighted by atomic mass is 9.80. The van der Waals surface area contributed by atoms with Gasteiger partial charge < -0.3 is 10.4 Å². The second-order valence-electron chi connectivity index (χ2n) is 4.73. The minimum atomic E-state index is -1.19. The molecule has 2 N–H and O–H groups in total. The van der Waals surface area contributed by atoms with Gasteiger partial charge in [-0.05, 0) is 30.7 Å². The quantitative estimate of drug-likeness (QED) is 0.789. The molecule has 1 atom stereocenters. The molecule has 1 saturated heterocycles.